The molecule has 0 radical (unpaired) electrons. The second kappa shape index (κ2) is 10.1. The van der Waals surface area contributed by atoms with E-state index in [9.17, 15) is 21.6 Å². The first-order valence-electron chi connectivity index (χ1n) is 14.5. The molecule has 8 rings (SSSR count). The number of halogens is 3. The SMILES string of the molecule is O=S(=O)(Oc1cccc2c1-c1ccc(-c3cccc4c3oc3ccccc34)cc1C2(c1ccccc1)c1ccccc1)C(F)(F)F. The zero-order valence-electron chi connectivity index (χ0n) is 24.0. The molecular weight excluding hydrogens is 609 g/mol. The molecule has 0 bridgehead atoms. The van der Waals surface area contributed by atoms with Gasteiger partial charge in [-0.25, -0.2) is 0 Å². The minimum Gasteiger partial charge on any atom is -0.455 e. The Labute approximate surface area is 262 Å². The summed E-state index contributed by atoms with van der Waals surface area (Å²) >= 11 is 0. The van der Waals surface area contributed by atoms with E-state index in [1.54, 1.807) is 0 Å². The molecule has 0 N–H and O–H groups in total. The molecule has 0 atom stereocenters. The Morgan fingerprint density at radius 1 is 0.609 bits per heavy atom. The largest absolute Gasteiger partial charge is 0.534 e. The highest BCUT2D eigenvalue weighted by atomic mass is 32.2. The van der Waals surface area contributed by atoms with Crippen molar-refractivity contribution in [1.82, 2.24) is 0 Å². The molecule has 0 aliphatic heterocycles. The minimum absolute atomic E-state index is 0.284. The van der Waals surface area contributed by atoms with Gasteiger partial charge in [-0.3, -0.25) is 0 Å². The molecular formula is C38H23F3O4S. The minimum atomic E-state index is -5.94. The molecule has 1 aliphatic rings. The van der Waals surface area contributed by atoms with Crippen LogP contribution in [0.25, 0.3) is 44.2 Å². The van der Waals surface area contributed by atoms with E-state index >= 15 is 0 Å². The van der Waals surface area contributed by atoms with Crippen molar-refractivity contribution < 1.29 is 30.2 Å². The summed E-state index contributed by atoms with van der Waals surface area (Å²) in [5, 5.41) is 1.95. The predicted molar refractivity (Wildman–Crippen MR) is 172 cm³/mol. The van der Waals surface area contributed by atoms with Gasteiger partial charge in [-0.05, 0) is 51.6 Å². The Kier molecular flexibility index (Phi) is 6.17. The van der Waals surface area contributed by atoms with Gasteiger partial charge in [0.1, 0.15) is 11.2 Å². The number of rotatable bonds is 5. The van der Waals surface area contributed by atoms with Gasteiger partial charge in [-0.1, -0.05) is 121 Å². The van der Waals surface area contributed by atoms with Crippen molar-refractivity contribution in [2.24, 2.45) is 0 Å². The highest BCUT2D eigenvalue weighted by Gasteiger charge is 2.51. The van der Waals surface area contributed by atoms with Crippen LogP contribution in [-0.2, 0) is 15.5 Å². The molecule has 226 valence electrons. The highest BCUT2D eigenvalue weighted by Crippen LogP contribution is 2.59. The summed E-state index contributed by atoms with van der Waals surface area (Å²) in [6.07, 6.45) is 0. The van der Waals surface area contributed by atoms with Crippen molar-refractivity contribution in [3.05, 3.63) is 162 Å². The molecule has 0 fully saturated rings. The second-order valence-electron chi connectivity index (χ2n) is 11.2. The Morgan fingerprint density at radius 3 is 1.93 bits per heavy atom. The molecule has 8 heteroatoms. The van der Waals surface area contributed by atoms with Crippen LogP contribution in [0.15, 0.2) is 144 Å². The summed E-state index contributed by atoms with van der Waals surface area (Å²) < 4.78 is 76.6. The summed E-state index contributed by atoms with van der Waals surface area (Å²) in [4.78, 5) is 0. The Balaban J connectivity index is 1.46. The Bertz CT molecular complexity index is 2360. The van der Waals surface area contributed by atoms with Gasteiger partial charge in [-0.2, -0.15) is 21.6 Å². The average molecular weight is 633 g/mol. The molecule has 0 saturated carbocycles. The molecule has 0 saturated heterocycles. The molecule has 4 nitrogen and oxygen atoms in total. The van der Waals surface area contributed by atoms with Crippen molar-refractivity contribution in [2.45, 2.75) is 10.9 Å². The summed E-state index contributed by atoms with van der Waals surface area (Å²) in [6.45, 7) is 0. The van der Waals surface area contributed by atoms with Gasteiger partial charge in [0.05, 0.1) is 5.41 Å². The second-order valence-corrected chi connectivity index (χ2v) is 12.7. The van der Waals surface area contributed by atoms with E-state index in [2.05, 4.69) is 0 Å². The molecule has 7 aromatic rings. The van der Waals surface area contributed by atoms with Crippen molar-refractivity contribution in [1.29, 1.82) is 0 Å². The maximum atomic E-state index is 13.6. The third kappa shape index (κ3) is 4.03. The van der Waals surface area contributed by atoms with Crippen LogP contribution < -0.4 is 4.18 Å². The van der Waals surface area contributed by atoms with E-state index in [1.807, 2.05) is 127 Å². The quantitative estimate of drug-likeness (QED) is 0.140. The number of furan rings is 1. The Hall–Kier alpha value is -5.34. The first-order valence-corrected chi connectivity index (χ1v) is 15.9. The predicted octanol–water partition coefficient (Wildman–Crippen LogP) is 9.84. The van der Waals surface area contributed by atoms with Crippen LogP contribution in [0.1, 0.15) is 22.3 Å². The maximum Gasteiger partial charge on any atom is 0.534 e. The van der Waals surface area contributed by atoms with Gasteiger partial charge < -0.3 is 8.60 Å². The van der Waals surface area contributed by atoms with Gasteiger partial charge in [0.15, 0.2) is 5.75 Å². The molecule has 46 heavy (non-hydrogen) atoms. The lowest BCUT2D eigenvalue weighted by atomic mass is 9.67. The smallest absolute Gasteiger partial charge is 0.455 e. The standard InChI is InChI=1S/C38H23F3O4S/c39-38(40,41)46(42,43)45-34-20-10-18-31-35(34)30-22-21-24(27-16-9-17-29-28-15-7-8-19-33(28)44-36(27)29)23-32(30)37(31,25-11-3-1-4-12-25)26-13-5-2-6-14-26/h1-23H. The summed E-state index contributed by atoms with van der Waals surface area (Å²) in [6, 6.07) is 43.4. The van der Waals surface area contributed by atoms with Crippen LogP contribution in [-0.4, -0.2) is 13.9 Å². The van der Waals surface area contributed by atoms with E-state index in [-0.39, 0.29) is 5.56 Å². The van der Waals surface area contributed by atoms with Crippen molar-refractivity contribution >= 4 is 32.1 Å². The van der Waals surface area contributed by atoms with Gasteiger partial charge in [0, 0.05) is 21.9 Å². The Morgan fingerprint density at radius 2 is 1.24 bits per heavy atom. The first kappa shape index (κ1) is 28.2. The van der Waals surface area contributed by atoms with Crippen molar-refractivity contribution in [2.75, 3.05) is 0 Å². The monoisotopic (exact) mass is 632 g/mol. The molecule has 0 unspecified atom stereocenters. The normalized spacial score (nSPS) is 13.9. The van der Waals surface area contributed by atoms with Crippen LogP contribution in [0.5, 0.6) is 5.75 Å². The fourth-order valence-corrected chi connectivity index (χ4v) is 7.35. The van der Waals surface area contributed by atoms with E-state index in [0.29, 0.717) is 16.7 Å². The molecule has 1 heterocycles. The lowest BCUT2D eigenvalue weighted by Crippen LogP contribution is -2.29. The summed E-state index contributed by atoms with van der Waals surface area (Å²) in [7, 11) is -5.94. The third-order valence-corrected chi connectivity index (χ3v) is 9.70. The fraction of sp³-hybridized carbons (Fsp3) is 0.0526. The molecule has 6 aromatic carbocycles. The van der Waals surface area contributed by atoms with Crippen LogP contribution in [0.4, 0.5) is 13.2 Å². The topological polar surface area (TPSA) is 56.5 Å². The highest BCUT2D eigenvalue weighted by molar-refractivity contribution is 7.88. The maximum absolute atomic E-state index is 13.6. The number of alkyl halides is 3. The number of fused-ring (bicyclic) bond motifs is 6. The zero-order chi connectivity index (χ0) is 31.7. The van der Waals surface area contributed by atoms with Crippen LogP contribution in [0.3, 0.4) is 0 Å². The van der Waals surface area contributed by atoms with Crippen molar-refractivity contribution in [3.63, 3.8) is 0 Å². The molecule has 0 spiro atoms. The number of benzene rings is 6. The van der Waals surface area contributed by atoms with Gasteiger partial charge >= 0.3 is 15.6 Å². The van der Waals surface area contributed by atoms with Gasteiger partial charge in [0.2, 0.25) is 0 Å². The van der Waals surface area contributed by atoms with E-state index < -0.39 is 26.8 Å². The van der Waals surface area contributed by atoms with Gasteiger partial charge in [-0.15, -0.1) is 0 Å². The summed E-state index contributed by atoms with van der Waals surface area (Å²) in [5.74, 6) is -0.392. The molecule has 1 aromatic heterocycles. The zero-order valence-corrected chi connectivity index (χ0v) is 24.8. The van der Waals surface area contributed by atoms with E-state index in [1.165, 1.54) is 12.1 Å². The number of para-hydroxylation sites is 2. The van der Waals surface area contributed by atoms with Crippen LogP contribution in [0.2, 0.25) is 0 Å². The molecule has 1 aliphatic carbocycles. The lowest BCUT2D eigenvalue weighted by molar-refractivity contribution is -0.0499. The van der Waals surface area contributed by atoms with Gasteiger partial charge in [0.25, 0.3) is 0 Å². The summed E-state index contributed by atoms with van der Waals surface area (Å²) in [5.41, 5.74) is 0.471. The number of hydrogen-bond donors (Lipinski definition) is 0. The van der Waals surface area contributed by atoms with Crippen molar-refractivity contribution in [3.8, 4) is 28.0 Å². The van der Waals surface area contributed by atoms with E-state index in [0.717, 1.165) is 44.2 Å². The van der Waals surface area contributed by atoms with Crippen LogP contribution >= 0.6 is 0 Å². The lowest BCUT2D eigenvalue weighted by Gasteiger charge is -2.34. The fourth-order valence-electron chi connectivity index (χ4n) is 6.88. The van der Waals surface area contributed by atoms with E-state index in [4.69, 9.17) is 8.60 Å². The number of hydrogen-bond acceptors (Lipinski definition) is 4. The average Bonchev–Trinajstić information content (AvgIpc) is 3.59. The third-order valence-electron chi connectivity index (χ3n) is 8.74. The van der Waals surface area contributed by atoms with Crippen LogP contribution in [0, 0.1) is 0 Å². The molecule has 0 amide bonds. The first-order chi connectivity index (χ1) is 22.2.